The Hall–Kier alpha value is -2.83. The normalized spacial score (nSPS) is 20.8. The summed E-state index contributed by atoms with van der Waals surface area (Å²) in [6, 6.07) is 0. The van der Waals surface area contributed by atoms with Gasteiger partial charge in [0.05, 0.1) is 18.4 Å². The molecule has 0 radical (unpaired) electrons. The van der Waals surface area contributed by atoms with Gasteiger partial charge in [0.1, 0.15) is 0 Å². The topological polar surface area (TPSA) is 148 Å². The smallest absolute Gasteiger partial charge is 0.298 e. The molecule has 3 atom stereocenters. The zero-order chi connectivity index (χ0) is 24.5. The van der Waals surface area contributed by atoms with Gasteiger partial charge < -0.3 is 15.6 Å². The SMILES string of the molecule is CC1(C[C@H](C(=O)NN(C[C@@H]2CCNC2=O)C(=O)[C@H](F)Cl)c2c(C(N)=O)noc2C(F)F)CC1. The first-order valence-corrected chi connectivity index (χ1v) is 10.6. The second kappa shape index (κ2) is 9.57. The quantitative estimate of drug-likeness (QED) is 0.351. The zero-order valence-electron chi connectivity index (χ0n) is 17.6. The first-order valence-electron chi connectivity index (χ1n) is 10.2. The largest absolute Gasteiger partial charge is 0.364 e. The van der Waals surface area contributed by atoms with E-state index in [0.29, 0.717) is 30.8 Å². The van der Waals surface area contributed by atoms with Crippen LogP contribution in [0.2, 0.25) is 0 Å². The van der Waals surface area contributed by atoms with Crippen LogP contribution in [0.25, 0.3) is 0 Å². The molecule has 3 rings (SSSR count). The van der Waals surface area contributed by atoms with Crippen LogP contribution in [0.15, 0.2) is 4.52 Å². The van der Waals surface area contributed by atoms with Crippen molar-refractivity contribution in [1.29, 1.82) is 0 Å². The molecule has 1 aromatic rings. The lowest BCUT2D eigenvalue weighted by molar-refractivity contribution is -0.145. The summed E-state index contributed by atoms with van der Waals surface area (Å²) in [5.41, 5.74) is 3.39. The summed E-state index contributed by atoms with van der Waals surface area (Å²) in [6.07, 6.45) is -1.49. The Kier molecular flexibility index (Phi) is 7.20. The lowest BCUT2D eigenvalue weighted by Crippen LogP contribution is -2.52. The molecule has 4 amide bonds. The molecule has 0 spiro atoms. The van der Waals surface area contributed by atoms with Crippen molar-refractivity contribution in [3.8, 4) is 0 Å². The van der Waals surface area contributed by atoms with E-state index >= 15 is 0 Å². The van der Waals surface area contributed by atoms with Gasteiger partial charge in [-0.1, -0.05) is 23.7 Å². The van der Waals surface area contributed by atoms with Crippen molar-refractivity contribution in [3.63, 3.8) is 0 Å². The summed E-state index contributed by atoms with van der Waals surface area (Å²) in [4.78, 5) is 49.2. The number of nitrogens with one attached hydrogen (secondary N) is 2. The predicted octanol–water partition coefficient (Wildman–Crippen LogP) is 1.52. The van der Waals surface area contributed by atoms with E-state index in [1.807, 2.05) is 6.92 Å². The highest BCUT2D eigenvalue weighted by Gasteiger charge is 2.45. The number of amides is 4. The van der Waals surface area contributed by atoms with Gasteiger partial charge in [0.2, 0.25) is 17.6 Å². The molecule has 2 fully saturated rings. The number of carbonyl (C=O) groups is 4. The third kappa shape index (κ3) is 5.57. The summed E-state index contributed by atoms with van der Waals surface area (Å²) < 4.78 is 45.4. The monoisotopic (exact) mass is 493 g/mol. The minimum Gasteiger partial charge on any atom is -0.364 e. The molecule has 33 heavy (non-hydrogen) atoms. The van der Waals surface area contributed by atoms with Crippen molar-refractivity contribution in [2.24, 2.45) is 17.1 Å². The number of hydrogen-bond acceptors (Lipinski definition) is 6. The molecule has 0 unspecified atom stereocenters. The Morgan fingerprint density at radius 3 is 2.52 bits per heavy atom. The Balaban J connectivity index is 1.94. The summed E-state index contributed by atoms with van der Waals surface area (Å²) in [5.74, 6) is -7.07. The second-order valence-corrected chi connectivity index (χ2v) is 8.93. The Morgan fingerprint density at radius 1 is 1.36 bits per heavy atom. The van der Waals surface area contributed by atoms with Gasteiger partial charge in [-0.2, -0.15) is 0 Å². The van der Waals surface area contributed by atoms with Crippen LogP contribution < -0.4 is 16.5 Å². The number of aromatic nitrogens is 1. The number of nitrogens with zero attached hydrogens (tertiary/aromatic N) is 2. The van der Waals surface area contributed by atoms with Crippen molar-refractivity contribution in [3.05, 3.63) is 17.0 Å². The van der Waals surface area contributed by atoms with Crippen LogP contribution in [0.4, 0.5) is 13.2 Å². The van der Waals surface area contributed by atoms with Crippen LogP contribution in [0.3, 0.4) is 0 Å². The van der Waals surface area contributed by atoms with E-state index in [-0.39, 0.29) is 13.0 Å². The zero-order valence-corrected chi connectivity index (χ0v) is 18.3. The van der Waals surface area contributed by atoms with E-state index in [1.54, 1.807) is 0 Å². The van der Waals surface area contributed by atoms with Crippen LogP contribution in [-0.2, 0) is 14.4 Å². The predicted molar refractivity (Wildman–Crippen MR) is 106 cm³/mol. The molecule has 4 N–H and O–H groups in total. The Bertz CT molecular complexity index is 952. The van der Waals surface area contributed by atoms with Crippen molar-refractivity contribution in [2.45, 2.75) is 50.6 Å². The van der Waals surface area contributed by atoms with Gasteiger partial charge in [0, 0.05) is 12.1 Å². The van der Waals surface area contributed by atoms with Gasteiger partial charge in [0.15, 0.2) is 5.69 Å². The van der Waals surface area contributed by atoms with Crippen LogP contribution in [0.1, 0.15) is 66.8 Å². The summed E-state index contributed by atoms with van der Waals surface area (Å²) in [7, 11) is 0. The Labute approximate surface area is 191 Å². The molecule has 0 bridgehead atoms. The summed E-state index contributed by atoms with van der Waals surface area (Å²) in [5, 5.41) is 6.40. The number of rotatable bonds is 9. The average molecular weight is 494 g/mol. The number of hydrogen-bond donors (Lipinski definition) is 3. The van der Waals surface area contributed by atoms with Crippen LogP contribution in [-0.4, -0.2) is 52.5 Å². The van der Waals surface area contributed by atoms with E-state index < -0.39 is 70.0 Å². The molecule has 10 nitrogen and oxygen atoms in total. The van der Waals surface area contributed by atoms with E-state index in [1.165, 1.54) is 0 Å². The van der Waals surface area contributed by atoms with Gasteiger partial charge in [-0.05, 0) is 31.1 Å². The second-order valence-electron chi connectivity index (χ2n) is 8.54. The molecule has 1 saturated carbocycles. The number of halogens is 4. The lowest BCUT2D eigenvalue weighted by atomic mass is 9.85. The fourth-order valence-corrected chi connectivity index (χ4v) is 3.89. The molecule has 182 valence electrons. The van der Waals surface area contributed by atoms with Crippen LogP contribution in [0.5, 0.6) is 0 Å². The van der Waals surface area contributed by atoms with Crippen LogP contribution >= 0.6 is 11.6 Å². The molecule has 1 aliphatic heterocycles. The van der Waals surface area contributed by atoms with Gasteiger partial charge >= 0.3 is 0 Å². The van der Waals surface area contributed by atoms with E-state index in [4.69, 9.17) is 17.3 Å². The average Bonchev–Trinajstić information content (AvgIpc) is 3.12. The number of primary amides is 1. The molecule has 2 heterocycles. The highest BCUT2D eigenvalue weighted by atomic mass is 35.5. The van der Waals surface area contributed by atoms with Crippen LogP contribution in [0, 0.1) is 11.3 Å². The minimum absolute atomic E-state index is 0.00587. The highest BCUT2D eigenvalue weighted by Crippen LogP contribution is 2.52. The molecule has 2 aliphatic rings. The molecular formula is C19H23ClF3N5O5. The number of carbonyl (C=O) groups excluding carboxylic acids is 4. The van der Waals surface area contributed by atoms with Gasteiger partial charge in [0.25, 0.3) is 23.9 Å². The standard InChI is InChI=1S/C19H23ClF3N5O5/c1-19(3-4-19)6-9(10-11(15(24)29)27-33-12(10)14(22)23)17(31)26-28(18(32)13(20)21)7-8-2-5-25-16(8)30/h8-9,13-14H,2-7H2,1H3,(H2,24,29)(H,25,30)(H,26,31)/t8-,9-,13-/m0/s1. The Morgan fingerprint density at radius 2 is 2.03 bits per heavy atom. The fourth-order valence-electron chi connectivity index (χ4n) is 3.78. The molecule has 1 saturated heterocycles. The summed E-state index contributed by atoms with van der Waals surface area (Å²) >= 11 is 5.26. The maximum absolute atomic E-state index is 13.6. The molecule has 1 aliphatic carbocycles. The highest BCUT2D eigenvalue weighted by molar-refractivity contribution is 6.29. The fraction of sp³-hybridized carbons (Fsp3) is 0.632. The third-order valence-corrected chi connectivity index (χ3v) is 6.10. The first kappa shape index (κ1) is 24.8. The first-order chi connectivity index (χ1) is 15.4. The maximum atomic E-state index is 13.6. The van der Waals surface area contributed by atoms with Gasteiger partial charge in [-0.3, -0.25) is 24.6 Å². The van der Waals surface area contributed by atoms with E-state index in [9.17, 15) is 32.3 Å². The van der Waals surface area contributed by atoms with E-state index in [2.05, 4.69) is 20.4 Å². The number of nitrogens with two attached hydrogens (primary N) is 1. The number of hydrazine groups is 1. The molecule has 0 aromatic carbocycles. The lowest BCUT2D eigenvalue weighted by Gasteiger charge is -2.28. The molecular weight excluding hydrogens is 471 g/mol. The minimum atomic E-state index is -3.21. The van der Waals surface area contributed by atoms with Crippen molar-refractivity contribution >= 4 is 35.2 Å². The summed E-state index contributed by atoms with van der Waals surface area (Å²) in [6.45, 7) is 1.76. The van der Waals surface area contributed by atoms with Gasteiger partial charge in [-0.15, -0.1) is 0 Å². The van der Waals surface area contributed by atoms with Crippen molar-refractivity contribution in [1.82, 2.24) is 20.9 Å². The molecule has 1 aromatic heterocycles. The van der Waals surface area contributed by atoms with Crippen molar-refractivity contribution in [2.75, 3.05) is 13.1 Å². The third-order valence-electron chi connectivity index (χ3n) is 5.92. The van der Waals surface area contributed by atoms with Crippen molar-refractivity contribution < 1.29 is 36.9 Å². The van der Waals surface area contributed by atoms with E-state index in [0.717, 1.165) is 0 Å². The maximum Gasteiger partial charge on any atom is 0.298 e. The molecule has 14 heteroatoms. The van der Waals surface area contributed by atoms with Gasteiger partial charge in [-0.25, -0.2) is 18.2 Å². The number of alkyl halides is 4.